The second kappa shape index (κ2) is 6.60. The molecule has 0 unspecified atom stereocenters. The van der Waals surface area contributed by atoms with Crippen molar-refractivity contribution in [1.82, 2.24) is 0 Å². The molecular weight excluding hydrogens is 224 g/mol. The minimum Gasteiger partial charge on any atom is -0.489 e. The molecular formula is C16H18O2. The summed E-state index contributed by atoms with van der Waals surface area (Å²) in [5.74, 6) is 0.846. The van der Waals surface area contributed by atoms with Crippen molar-refractivity contribution in [3.05, 3.63) is 65.7 Å². The zero-order valence-corrected chi connectivity index (χ0v) is 9.72. The van der Waals surface area contributed by atoms with Crippen LogP contribution in [0, 0.1) is 0 Å². The largest absolute Gasteiger partial charge is 0.489 e. The predicted octanol–water partition coefficient (Wildman–Crippen LogP) is 4.10. The van der Waals surface area contributed by atoms with Gasteiger partial charge in [-0.05, 0) is 36.8 Å². The second-order valence-corrected chi connectivity index (χ2v) is 3.85. The van der Waals surface area contributed by atoms with Gasteiger partial charge in [0, 0.05) is 5.56 Å². The molecule has 0 aliphatic rings. The van der Waals surface area contributed by atoms with Crippen molar-refractivity contribution in [2.75, 3.05) is 0 Å². The summed E-state index contributed by atoms with van der Waals surface area (Å²) >= 11 is 0. The molecule has 0 fully saturated rings. The predicted molar refractivity (Wildman–Crippen MR) is 74.0 cm³/mol. The third-order valence-electron chi connectivity index (χ3n) is 2.51. The molecule has 0 radical (unpaired) electrons. The lowest BCUT2D eigenvalue weighted by Gasteiger charge is -2.06. The Balaban J connectivity index is 0.00000162. The molecule has 0 saturated carbocycles. The van der Waals surface area contributed by atoms with Crippen molar-refractivity contribution in [2.24, 2.45) is 0 Å². The fourth-order valence-corrected chi connectivity index (χ4v) is 1.53. The highest BCUT2D eigenvalue weighted by Gasteiger charge is 1.99. The molecule has 0 N–H and O–H groups in total. The Labute approximate surface area is 108 Å². The van der Waals surface area contributed by atoms with E-state index in [-0.39, 0.29) is 13.2 Å². The van der Waals surface area contributed by atoms with Gasteiger partial charge in [-0.15, -0.1) is 0 Å². The van der Waals surface area contributed by atoms with Gasteiger partial charge < -0.3 is 4.74 Å². The van der Waals surface area contributed by atoms with Crippen LogP contribution < -0.4 is 4.74 Å². The van der Waals surface area contributed by atoms with Gasteiger partial charge >= 0.3 is 0 Å². The molecule has 0 amide bonds. The smallest absolute Gasteiger partial charge is 0.159 e. The summed E-state index contributed by atoms with van der Waals surface area (Å²) in [6.45, 7) is 2.10. The maximum Gasteiger partial charge on any atom is 0.159 e. The minimum atomic E-state index is 0. The molecule has 2 rings (SSSR count). The van der Waals surface area contributed by atoms with E-state index >= 15 is 0 Å². The van der Waals surface area contributed by atoms with E-state index in [9.17, 15) is 4.79 Å². The number of Topliss-reactive ketones (excluding diaryl/α,β-unsaturated/α-hetero) is 1. The van der Waals surface area contributed by atoms with Crippen molar-refractivity contribution in [3.8, 4) is 5.75 Å². The number of hydrogen-bond donors (Lipinski definition) is 0. The Kier molecular flexibility index (Phi) is 5.12. The van der Waals surface area contributed by atoms with Crippen LogP contribution in [-0.4, -0.2) is 5.78 Å². The highest BCUT2D eigenvalue weighted by atomic mass is 16.5. The van der Waals surface area contributed by atoms with Gasteiger partial charge in [0.25, 0.3) is 0 Å². The molecule has 2 heteroatoms. The molecule has 2 aromatic carbocycles. The van der Waals surface area contributed by atoms with Crippen LogP contribution in [0.2, 0.25) is 0 Å². The fraction of sp³-hybridized carbons (Fsp3) is 0.188. The Morgan fingerprint density at radius 2 is 1.61 bits per heavy atom. The van der Waals surface area contributed by atoms with Crippen LogP contribution in [0.3, 0.4) is 0 Å². The maximum absolute atomic E-state index is 11.1. The first-order valence-electron chi connectivity index (χ1n) is 5.53. The van der Waals surface area contributed by atoms with Gasteiger partial charge in [-0.1, -0.05) is 37.8 Å². The van der Waals surface area contributed by atoms with Gasteiger partial charge in [0.15, 0.2) is 5.78 Å². The maximum atomic E-state index is 11.1. The van der Waals surface area contributed by atoms with E-state index in [0.717, 1.165) is 11.3 Å². The van der Waals surface area contributed by atoms with Crippen LogP contribution >= 0.6 is 0 Å². The first-order chi connectivity index (χ1) is 8.25. The summed E-state index contributed by atoms with van der Waals surface area (Å²) < 4.78 is 5.62. The first-order valence-corrected chi connectivity index (χ1v) is 5.53. The molecule has 94 valence electrons. The number of hydrogen-bond acceptors (Lipinski definition) is 2. The number of benzene rings is 2. The zero-order chi connectivity index (χ0) is 12.1. The minimum absolute atomic E-state index is 0. The molecule has 0 saturated heterocycles. The lowest BCUT2D eigenvalue weighted by atomic mass is 10.1. The van der Waals surface area contributed by atoms with Gasteiger partial charge in [-0.3, -0.25) is 4.79 Å². The van der Waals surface area contributed by atoms with Gasteiger partial charge in [-0.2, -0.15) is 0 Å². The number of ether oxygens (including phenoxy) is 1. The Morgan fingerprint density at radius 3 is 2.17 bits per heavy atom. The zero-order valence-electron chi connectivity index (χ0n) is 9.72. The lowest BCUT2D eigenvalue weighted by molar-refractivity contribution is 0.101. The lowest BCUT2D eigenvalue weighted by Crippen LogP contribution is -1.96. The molecule has 0 aliphatic carbocycles. The summed E-state index contributed by atoms with van der Waals surface area (Å²) in [5.41, 5.74) is 1.83. The summed E-state index contributed by atoms with van der Waals surface area (Å²) in [4.78, 5) is 11.1. The molecule has 2 aromatic rings. The van der Waals surface area contributed by atoms with E-state index in [2.05, 4.69) is 0 Å². The van der Waals surface area contributed by atoms with Crippen LogP contribution in [0.15, 0.2) is 54.6 Å². The van der Waals surface area contributed by atoms with Crippen LogP contribution in [0.1, 0.15) is 30.3 Å². The monoisotopic (exact) mass is 242 g/mol. The quantitative estimate of drug-likeness (QED) is 0.754. The Bertz CT molecular complexity index is 486. The van der Waals surface area contributed by atoms with E-state index in [1.54, 1.807) is 19.1 Å². The van der Waals surface area contributed by atoms with Crippen LogP contribution in [0.25, 0.3) is 0 Å². The van der Waals surface area contributed by atoms with Gasteiger partial charge in [0.2, 0.25) is 0 Å². The SMILES string of the molecule is C.CC(=O)c1ccc(OCc2ccccc2)cc1. The van der Waals surface area contributed by atoms with Crippen LogP contribution in [0.4, 0.5) is 0 Å². The van der Waals surface area contributed by atoms with E-state index in [0.29, 0.717) is 12.2 Å². The van der Waals surface area contributed by atoms with E-state index in [4.69, 9.17) is 4.74 Å². The van der Waals surface area contributed by atoms with Gasteiger partial charge in [0.1, 0.15) is 12.4 Å². The van der Waals surface area contributed by atoms with E-state index in [1.807, 2.05) is 42.5 Å². The van der Waals surface area contributed by atoms with E-state index < -0.39 is 0 Å². The molecule has 0 heterocycles. The number of carbonyl (C=O) groups excluding carboxylic acids is 1. The van der Waals surface area contributed by atoms with Gasteiger partial charge in [-0.25, -0.2) is 0 Å². The summed E-state index contributed by atoms with van der Waals surface area (Å²) in [7, 11) is 0. The highest BCUT2D eigenvalue weighted by Crippen LogP contribution is 2.14. The molecule has 2 nitrogen and oxygen atoms in total. The Morgan fingerprint density at radius 1 is 1.00 bits per heavy atom. The standard InChI is InChI=1S/C15H14O2.CH4/c1-12(16)14-7-9-15(10-8-14)17-11-13-5-3-2-4-6-13;/h2-10H,11H2,1H3;1H4. The Hall–Kier alpha value is -2.09. The molecule has 0 atom stereocenters. The molecule has 0 spiro atoms. The highest BCUT2D eigenvalue weighted by molar-refractivity contribution is 5.94. The average molecular weight is 242 g/mol. The number of ketones is 1. The molecule has 0 aliphatic heterocycles. The summed E-state index contributed by atoms with van der Waals surface area (Å²) in [6.07, 6.45) is 0. The third kappa shape index (κ3) is 3.74. The van der Waals surface area contributed by atoms with Crippen molar-refractivity contribution in [1.29, 1.82) is 0 Å². The normalized spacial score (nSPS) is 9.39. The number of carbonyl (C=O) groups is 1. The van der Waals surface area contributed by atoms with Crippen LogP contribution in [-0.2, 0) is 6.61 Å². The summed E-state index contributed by atoms with van der Waals surface area (Å²) in [5, 5.41) is 0. The van der Waals surface area contributed by atoms with Gasteiger partial charge in [0.05, 0.1) is 0 Å². The van der Waals surface area contributed by atoms with Crippen LogP contribution in [0.5, 0.6) is 5.75 Å². The summed E-state index contributed by atoms with van der Waals surface area (Å²) in [6, 6.07) is 17.2. The second-order valence-electron chi connectivity index (χ2n) is 3.85. The third-order valence-corrected chi connectivity index (χ3v) is 2.51. The topological polar surface area (TPSA) is 26.3 Å². The van der Waals surface area contributed by atoms with Crippen molar-refractivity contribution >= 4 is 5.78 Å². The first kappa shape index (κ1) is 14.0. The molecule has 0 bridgehead atoms. The van der Waals surface area contributed by atoms with Crippen molar-refractivity contribution < 1.29 is 9.53 Å². The number of rotatable bonds is 4. The van der Waals surface area contributed by atoms with Crippen molar-refractivity contribution in [2.45, 2.75) is 21.0 Å². The molecule has 0 aromatic heterocycles. The average Bonchev–Trinajstić information content (AvgIpc) is 2.38. The molecule has 18 heavy (non-hydrogen) atoms. The van der Waals surface area contributed by atoms with Crippen molar-refractivity contribution in [3.63, 3.8) is 0 Å². The van der Waals surface area contributed by atoms with E-state index in [1.165, 1.54) is 0 Å². The fourth-order valence-electron chi connectivity index (χ4n) is 1.53.